The molecule has 0 aliphatic carbocycles. The molecule has 1 amide bonds. The number of sulfonamides is 1. The van der Waals surface area contributed by atoms with Crippen LogP contribution in [0, 0.1) is 0 Å². The van der Waals surface area contributed by atoms with Crippen molar-refractivity contribution in [3.8, 4) is 11.1 Å². The van der Waals surface area contributed by atoms with Crippen LogP contribution in [0.15, 0.2) is 71.9 Å². The molecule has 0 unspecified atom stereocenters. The molecule has 0 spiro atoms. The standard InChI is InChI=1S/C22H21N3O3S/c1-2-16-7-8-20-19(13-16)18-5-3-4-6-21(18)29(27,28)25(20)15-22(26)24-14-17-9-11-23-12-10-17/h3-13H,2,14-15H2,1H3,(H,24,26). The number of hydrogen-bond acceptors (Lipinski definition) is 4. The lowest BCUT2D eigenvalue weighted by atomic mass is 9.99. The van der Waals surface area contributed by atoms with Crippen LogP contribution >= 0.6 is 0 Å². The molecule has 1 aliphatic rings. The van der Waals surface area contributed by atoms with Crippen LogP contribution in [0.3, 0.4) is 0 Å². The third kappa shape index (κ3) is 3.61. The van der Waals surface area contributed by atoms with E-state index in [0.29, 0.717) is 17.8 Å². The van der Waals surface area contributed by atoms with Crippen LogP contribution in [0.5, 0.6) is 0 Å². The normalized spacial score (nSPS) is 14.0. The van der Waals surface area contributed by atoms with Crippen LogP contribution in [0.1, 0.15) is 18.1 Å². The molecule has 29 heavy (non-hydrogen) atoms. The van der Waals surface area contributed by atoms with Gasteiger partial charge in [-0.3, -0.25) is 14.1 Å². The number of fused-ring (bicyclic) bond motifs is 3. The summed E-state index contributed by atoms with van der Waals surface area (Å²) < 4.78 is 27.7. The highest BCUT2D eigenvalue weighted by Gasteiger charge is 2.35. The highest BCUT2D eigenvalue weighted by Crippen LogP contribution is 2.43. The van der Waals surface area contributed by atoms with E-state index in [1.807, 2.05) is 24.3 Å². The van der Waals surface area contributed by atoms with Crippen LogP contribution in [0.2, 0.25) is 0 Å². The number of anilines is 1. The van der Waals surface area contributed by atoms with E-state index in [4.69, 9.17) is 0 Å². The molecular formula is C22H21N3O3S. The maximum Gasteiger partial charge on any atom is 0.265 e. The lowest BCUT2D eigenvalue weighted by molar-refractivity contribution is -0.119. The molecular weight excluding hydrogens is 386 g/mol. The van der Waals surface area contributed by atoms with E-state index >= 15 is 0 Å². The number of nitrogens with zero attached hydrogens (tertiary/aromatic N) is 2. The van der Waals surface area contributed by atoms with E-state index in [-0.39, 0.29) is 17.3 Å². The molecule has 0 fully saturated rings. The quantitative estimate of drug-likeness (QED) is 0.705. The minimum atomic E-state index is -3.83. The number of amides is 1. The molecule has 2 heterocycles. The number of aryl methyl sites for hydroxylation is 1. The van der Waals surface area contributed by atoms with Crippen LogP contribution in [0.25, 0.3) is 11.1 Å². The summed E-state index contributed by atoms with van der Waals surface area (Å²) in [7, 11) is -3.83. The SMILES string of the molecule is CCc1ccc2c(c1)-c1ccccc1S(=O)(=O)N2CC(=O)NCc1ccncc1. The van der Waals surface area contributed by atoms with Crippen LogP contribution < -0.4 is 9.62 Å². The number of pyridine rings is 1. The van der Waals surface area contributed by atoms with Crippen LogP contribution in [-0.2, 0) is 27.8 Å². The number of hydrogen-bond donors (Lipinski definition) is 1. The van der Waals surface area contributed by atoms with Crippen molar-refractivity contribution in [1.29, 1.82) is 0 Å². The first-order chi connectivity index (χ1) is 14.0. The van der Waals surface area contributed by atoms with Gasteiger partial charge in [-0.2, -0.15) is 0 Å². The van der Waals surface area contributed by atoms with Crippen molar-refractivity contribution in [3.05, 3.63) is 78.1 Å². The van der Waals surface area contributed by atoms with Crippen molar-refractivity contribution >= 4 is 21.6 Å². The minimum absolute atomic E-state index is 0.225. The lowest BCUT2D eigenvalue weighted by Gasteiger charge is -2.32. The summed E-state index contributed by atoms with van der Waals surface area (Å²) in [6, 6.07) is 16.2. The molecule has 2 aromatic carbocycles. The van der Waals surface area contributed by atoms with Crippen LogP contribution in [0.4, 0.5) is 5.69 Å². The summed E-state index contributed by atoms with van der Waals surface area (Å²) in [6.07, 6.45) is 4.14. The Hall–Kier alpha value is -3.19. The van der Waals surface area contributed by atoms with Crippen molar-refractivity contribution < 1.29 is 13.2 Å². The van der Waals surface area contributed by atoms with Crippen molar-refractivity contribution in [2.45, 2.75) is 24.8 Å². The Balaban J connectivity index is 1.67. The number of carbonyl (C=O) groups excluding carboxylic acids is 1. The van der Waals surface area contributed by atoms with Gasteiger partial charge < -0.3 is 5.32 Å². The van der Waals surface area contributed by atoms with Crippen molar-refractivity contribution in [2.75, 3.05) is 10.8 Å². The number of rotatable bonds is 5. The second-order valence-corrected chi connectivity index (χ2v) is 8.68. The fourth-order valence-electron chi connectivity index (χ4n) is 3.46. The van der Waals surface area contributed by atoms with E-state index in [2.05, 4.69) is 17.2 Å². The fourth-order valence-corrected chi connectivity index (χ4v) is 5.11. The Morgan fingerprint density at radius 3 is 2.52 bits per heavy atom. The molecule has 0 saturated carbocycles. The number of carbonyl (C=O) groups is 1. The third-order valence-corrected chi connectivity index (χ3v) is 6.83. The van der Waals surface area contributed by atoms with Gasteiger partial charge in [-0.25, -0.2) is 8.42 Å². The predicted molar refractivity (Wildman–Crippen MR) is 112 cm³/mol. The summed E-state index contributed by atoms with van der Waals surface area (Å²) in [4.78, 5) is 16.8. The van der Waals surface area contributed by atoms with Crippen molar-refractivity contribution in [3.63, 3.8) is 0 Å². The molecule has 0 bridgehead atoms. The lowest BCUT2D eigenvalue weighted by Crippen LogP contribution is -2.42. The van der Waals surface area contributed by atoms with Gasteiger partial charge in [0.1, 0.15) is 6.54 Å². The zero-order valence-corrected chi connectivity index (χ0v) is 16.8. The first kappa shape index (κ1) is 19.1. The molecule has 4 rings (SSSR count). The highest BCUT2D eigenvalue weighted by atomic mass is 32.2. The van der Waals surface area contributed by atoms with E-state index < -0.39 is 10.0 Å². The van der Waals surface area contributed by atoms with Gasteiger partial charge in [0, 0.05) is 30.1 Å². The minimum Gasteiger partial charge on any atom is -0.350 e. The average molecular weight is 407 g/mol. The van der Waals surface area contributed by atoms with E-state index in [1.54, 1.807) is 42.7 Å². The highest BCUT2D eigenvalue weighted by molar-refractivity contribution is 7.93. The number of benzene rings is 2. The first-order valence-electron chi connectivity index (χ1n) is 9.41. The van der Waals surface area contributed by atoms with E-state index in [0.717, 1.165) is 23.1 Å². The molecule has 7 heteroatoms. The average Bonchev–Trinajstić information content (AvgIpc) is 2.75. The Morgan fingerprint density at radius 1 is 1.00 bits per heavy atom. The second kappa shape index (κ2) is 7.67. The molecule has 1 N–H and O–H groups in total. The second-order valence-electron chi connectivity index (χ2n) is 6.85. The van der Waals surface area contributed by atoms with Gasteiger partial charge in [-0.1, -0.05) is 31.2 Å². The van der Waals surface area contributed by atoms with Gasteiger partial charge in [-0.05, 0) is 47.9 Å². The summed E-state index contributed by atoms with van der Waals surface area (Å²) >= 11 is 0. The Labute approximate surface area is 170 Å². The van der Waals surface area contributed by atoms with Gasteiger partial charge in [0.25, 0.3) is 10.0 Å². The van der Waals surface area contributed by atoms with Gasteiger partial charge in [-0.15, -0.1) is 0 Å². The topological polar surface area (TPSA) is 79.4 Å². The zero-order valence-electron chi connectivity index (χ0n) is 16.0. The molecule has 3 aromatic rings. The molecule has 1 aliphatic heterocycles. The smallest absolute Gasteiger partial charge is 0.265 e. The predicted octanol–water partition coefficient (Wildman–Crippen LogP) is 3.14. The third-order valence-electron chi connectivity index (χ3n) is 5.01. The van der Waals surface area contributed by atoms with Crippen LogP contribution in [-0.4, -0.2) is 25.9 Å². The fraction of sp³-hybridized carbons (Fsp3) is 0.182. The Bertz CT molecular complexity index is 1160. The molecule has 6 nitrogen and oxygen atoms in total. The van der Waals surface area contributed by atoms with Crippen molar-refractivity contribution in [1.82, 2.24) is 10.3 Å². The van der Waals surface area contributed by atoms with Gasteiger partial charge in [0.05, 0.1) is 10.6 Å². The van der Waals surface area contributed by atoms with E-state index in [9.17, 15) is 13.2 Å². The summed E-state index contributed by atoms with van der Waals surface area (Å²) in [5.41, 5.74) is 4.04. The number of nitrogens with one attached hydrogen (secondary N) is 1. The Morgan fingerprint density at radius 2 is 1.76 bits per heavy atom. The summed E-state index contributed by atoms with van der Waals surface area (Å²) in [5.74, 6) is -0.365. The van der Waals surface area contributed by atoms with E-state index in [1.165, 1.54) is 4.31 Å². The zero-order chi connectivity index (χ0) is 20.4. The number of aromatic nitrogens is 1. The van der Waals surface area contributed by atoms with Gasteiger partial charge in [0.15, 0.2) is 0 Å². The van der Waals surface area contributed by atoms with Crippen molar-refractivity contribution in [2.24, 2.45) is 0 Å². The van der Waals surface area contributed by atoms with Gasteiger partial charge in [0.2, 0.25) is 5.91 Å². The van der Waals surface area contributed by atoms with Gasteiger partial charge >= 0.3 is 0 Å². The maximum atomic E-state index is 13.3. The molecule has 148 valence electrons. The summed E-state index contributed by atoms with van der Waals surface area (Å²) in [5, 5.41) is 2.79. The monoisotopic (exact) mass is 407 g/mol. The molecule has 1 aromatic heterocycles. The summed E-state index contributed by atoms with van der Waals surface area (Å²) in [6.45, 7) is 2.09. The molecule has 0 atom stereocenters. The molecule has 0 saturated heterocycles. The first-order valence-corrected chi connectivity index (χ1v) is 10.9. The molecule has 0 radical (unpaired) electrons. The Kier molecular flexibility index (Phi) is 5.07. The largest absolute Gasteiger partial charge is 0.350 e. The maximum absolute atomic E-state index is 13.3.